The number of hydrogen-bond acceptors (Lipinski definition) is 6. The van der Waals surface area contributed by atoms with Crippen molar-refractivity contribution in [1.82, 2.24) is 14.9 Å². The molecule has 0 saturated carbocycles. The van der Waals surface area contributed by atoms with Crippen molar-refractivity contribution in [1.29, 1.82) is 0 Å². The summed E-state index contributed by atoms with van der Waals surface area (Å²) in [4.78, 5) is 20.5. The topological polar surface area (TPSA) is 59.4 Å². The van der Waals surface area contributed by atoms with Crippen LogP contribution in [-0.2, 0) is 11.3 Å². The van der Waals surface area contributed by atoms with E-state index in [1.807, 2.05) is 0 Å². The van der Waals surface area contributed by atoms with Gasteiger partial charge in [-0.2, -0.15) is 4.98 Å². The van der Waals surface area contributed by atoms with E-state index in [-0.39, 0.29) is 33.8 Å². The maximum absolute atomic E-state index is 15.0. The number of nitrogens with zero attached hydrogens (tertiary/aromatic N) is 3. The van der Waals surface area contributed by atoms with E-state index in [0.29, 0.717) is 52.6 Å². The van der Waals surface area contributed by atoms with Gasteiger partial charge in [0, 0.05) is 65.5 Å². The van der Waals surface area contributed by atoms with Gasteiger partial charge in [0.15, 0.2) is 0 Å². The minimum atomic E-state index is -0.854. The average molecular weight is 541 g/mol. The summed E-state index contributed by atoms with van der Waals surface area (Å²) in [7, 11) is 1.59. The summed E-state index contributed by atoms with van der Waals surface area (Å²) >= 11 is 14.2. The molecule has 6 nitrogen and oxygen atoms in total. The number of thioether (sulfide) groups is 1. The lowest BCUT2D eigenvalue weighted by Crippen LogP contribution is -2.55. The quantitative estimate of drug-likeness (QED) is 0.474. The predicted molar refractivity (Wildman–Crippen MR) is 137 cm³/mol. The SMILES string of the molecule is CO[C@H]1CSc2c(-c3cc(Cl)c(F)cc3F)c(Cl)cc3c(N4C[C@@H](C)N[C@@H](C)C4)nc(=O)n(c23)C1. The molecule has 35 heavy (non-hydrogen) atoms. The smallest absolute Gasteiger partial charge is 0.350 e. The van der Waals surface area contributed by atoms with Crippen molar-refractivity contribution >= 4 is 51.7 Å². The molecule has 3 atom stereocenters. The average Bonchev–Trinajstić information content (AvgIpc) is 2.99. The van der Waals surface area contributed by atoms with Gasteiger partial charge in [0.05, 0.1) is 28.2 Å². The Labute approximate surface area is 215 Å². The Morgan fingerprint density at radius 1 is 1.09 bits per heavy atom. The van der Waals surface area contributed by atoms with Crippen molar-refractivity contribution in [2.45, 2.75) is 43.5 Å². The van der Waals surface area contributed by atoms with Crippen molar-refractivity contribution in [3.05, 3.63) is 50.4 Å². The number of rotatable bonds is 3. The molecule has 3 aromatic rings. The lowest BCUT2D eigenvalue weighted by atomic mass is 10.0. The highest BCUT2D eigenvalue weighted by Crippen LogP contribution is 2.46. The summed E-state index contributed by atoms with van der Waals surface area (Å²) in [6.45, 7) is 5.79. The van der Waals surface area contributed by atoms with E-state index in [4.69, 9.17) is 27.9 Å². The predicted octanol–water partition coefficient (Wildman–Crippen LogP) is 4.96. The Morgan fingerprint density at radius 2 is 1.80 bits per heavy atom. The molecule has 2 aliphatic rings. The summed E-state index contributed by atoms with van der Waals surface area (Å²) in [6, 6.07) is 4.10. The summed E-state index contributed by atoms with van der Waals surface area (Å²) in [5.74, 6) is -0.586. The van der Waals surface area contributed by atoms with Gasteiger partial charge in [0.2, 0.25) is 0 Å². The summed E-state index contributed by atoms with van der Waals surface area (Å²) in [5, 5.41) is 4.24. The number of halogens is 4. The molecule has 0 unspecified atom stereocenters. The minimum absolute atomic E-state index is 0.0726. The summed E-state index contributed by atoms with van der Waals surface area (Å²) in [5.41, 5.74) is 0.641. The second-order valence-electron chi connectivity index (χ2n) is 9.08. The van der Waals surface area contributed by atoms with Crippen LogP contribution >= 0.6 is 35.0 Å². The molecule has 0 aliphatic carbocycles. The van der Waals surface area contributed by atoms with Gasteiger partial charge in [0.1, 0.15) is 17.5 Å². The van der Waals surface area contributed by atoms with Crippen LogP contribution in [0.25, 0.3) is 22.0 Å². The van der Waals surface area contributed by atoms with Crippen LogP contribution in [-0.4, -0.2) is 53.7 Å². The molecule has 1 aromatic heterocycles. The third-order valence-electron chi connectivity index (χ3n) is 6.42. The molecule has 1 N–H and O–H groups in total. The zero-order valence-corrected chi connectivity index (χ0v) is 21.7. The molecule has 11 heteroatoms. The minimum Gasteiger partial charge on any atom is -0.379 e. The van der Waals surface area contributed by atoms with E-state index in [9.17, 15) is 9.18 Å². The Bertz CT molecular complexity index is 1380. The first-order valence-electron chi connectivity index (χ1n) is 11.3. The molecule has 0 bridgehead atoms. The van der Waals surface area contributed by atoms with Gasteiger partial charge >= 0.3 is 5.69 Å². The Kier molecular flexibility index (Phi) is 6.74. The Morgan fingerprint density at radius 3 is 2.49 bits per heavy atom. The van der Waals surface area contributed by atoms with Crippen LogP contribution in [0.3, 0.4) is 0 Å². The van der Waals surface area contributed by atoms with Crippen LogP contribution < -0.4 is 15.9 Å². The number of piperazine rings is 1. The molecule has 0 radical (unpaired) electrons. The van der Waals surface area contributed by atoms with E-state index in [2.05, 4.69) is 29.0 Å². The molecule has 3 heterocycles. The number of ether oxygens (including phenoxy) is 1. The normalized spacial score (nSPS) is 22.5. The van der Waals surface area contributed by atoms with Crippen LogP contribution in [0.4, 0.5) is 14.6 Å². The lowest BCUT2D eigenvalue weighted by Gasteiger charge is -2.37. The largest absolute Gasteiger partial charge is 0.379 e. The van der Waals surface area contributed by atoms with Crippen LogP contribution in [0.1, 0.15) is 13.8 Å². The highest BCUT2D eigenvalue weighted by molar-refractivity contribution is 7.99. The monoisotopic (exact) mass is 540 g/mol. The highest BCUT2D eigenvalue weighted by atomic mass is 35.5. The van der Waals surface area contributed by atoms with Gasteiger partial charge < -0.3 is 15.0 Å². The fourth-order valence-corrected chi connectivity index (χ4v) is 6.79. The first-order chi connectivity index (χ1) is 16.7. The number of benzene rings is 2. The zero-order valence-electron chi connectivity index (χ0n) is 19.4. The number of nitrogens with one attached hydrogen (secondary N) is 1. The molecular formula is C24H24Cl2F2N4O2S. The van der Waals surface area contributed by atoms with Gasteiger partial charge in [0.25, 0.3) is 0 Å². The van der Waals surface area contributed by atoms with Crippen molar-refractivity contribution in [3.63, 3.8) is 0 Å². The number of methoxy groups -OCH3 is 1. The third-order valence-corrected chi connectivity index (χ3v) is 8.23. The van der Waals surface area contributed by atoms with E-state index < -0.39 is 17.3 Å². The van der Waals surface area contributed by atoms with E-state index in [1.54, 1.807) is 17.7 Å². The fraction of sp³-hybridized carbons (Fsp3) is 0.417. The second-order valence-corrected chi connectivity index (χ2v) is 10.9. The highest BCUT2D eigenvalue weighted by Gasteiger charge is 2.30. The molecule has 5 rings (SSSR count). The Hall–Kier alpha value is -1.91. The van der Waals surface area contributed by atoms with Gasteiger partial charge in [-0.3, -0.25) is 4.57 Å². The van der Waals surface area contributed by atoms with Crippen molar-refractivity contribution < 1.29 is 13.5 Å². The van der Waals surface area contributed by atoms with Gasteiger partial charge in [-0.1, -0.05) is 23.2 Å². The van der Waals surface area contributed by atoms with Gasteiger partial charge in [-0.05, 0) is 26.0 Å². The van der Waals surface area contributed by atoms with Gasteiger partial charge in [-0.15, -0.1) is 11.8 Å². The molecule has 1 fully saturated rings. The molecule has 0 amide bonds. The van der Waals surface area contributed by atoms with Crippen molar-refractivity contribution in [3.8, 4) is 11.1 Å². The van der Waals surface area contributed by atoms with Crippen molar-refractivity contribution in [2.24, 2.45) is 0 Å². The first-order valence-corrected chi connectivity index (χ1v) is 13.0. The van der Waals surface area contributed by atoms with Gasteiger partial charge in [-0.25, -0.2) is 13.6 Å². The number of aromatic nitrogens is 2. The molecule has 2 aliphatic heterocycles. The fourth-order valence-electron chi connectivity index (χ4n) is 4.95. The maximum Gasteiger partial charge on any atom is 0.350 e. The van der Waals surface area contributed by atoms with Crippen LogP contribution in [0.15, 0.2) is 27.9 Å². The number of hydrogen-bond donors (Lipinski definition) is 1. The second kappa shape index (κ2) is 9.52. The number of anilines is 1. The molecule has 1 saturated heterocycles. The maximum atomic E-state index is 15.0. The van der Waals surface area contributed by atoms with Crippen molar-refractivity contribution in [2.75, 3.05) is 30.9 Å². The first kappa shape index (κ1) is 24.8. The summed E-state index contributed by atoms with van der Waals surface area (Å²) in [6.07, 6.45) is -0.270. The van der Waals surface area contributed by atoms with Crippen LogP contribution in [0.5, 0.6) is 0 Å². The third kappa shape index (κ3) is 4.42. The Balaban J connectivity index is 1.84. The molecule has 186 valence electrons. The van der Waals surface area contributed by atoms with E-state index >= 15 is 4.39 Å². The standard InChI is InChI=1S/C24H24Cl2F2N4O2S/c1-11-7-31(8-12(2)29-11)23-15-5-17(26)20(14-4-16(25)19(28)6-18(14)27)22-21(15)32(24(33)30-23)9-13(34-3)10-35-22/h4-6,11-13,29H,7-10H2,1-3H3/t11-,12+,13-/m1/s1. The molecule has 2 aromatic carbocycles. The zero-order chi connectivity index (χ0) is 25.0. The van der Waals surface area contributed by atoms with Crippen LogP contribution in [0.2, 0.25) is 10.0 Å². The molecular weight excluding hydrogens is 517 g/mol. The van der Waals surface area contributed by atoms with Crippen LogP contribution in [0, 0.1) is 11.6 Å². The molecule has 0 spiro atoms. The lowest BCUT2D eigenvalue weighted by molar-refractivity contribution is 0.107. The summed E-state index contributed by atoms with van der Waals surface area (Å²) < 4.78 is 36.1. The van der Waals surface area contributed by atoms with E-state index in [1.165, 1.54) is 17.8 Å². The van der Waals surface area contributed by atoms with E-state index in [0.717, 1.165) is 6.07 Å².